The van der Waals surface area contributed by atoms with E-state index in [1.807, 2.05) is 6.92 Å². The molecule has 3 nitrogen and oxygen atoms in total. The lowest BCUT2D eigenvalue weighted by Gasteiger charge is -2.18. The van der Waals surface area contributed by atoms with Gasteiger partial charge in [-0.2, -0.15) is 0 Å². The lowest BCUT2D eigenvalue weighted by Crippen LogP contribution is -2.28. The molecule has 0 saturated heterocycles. The first-order valence-electron chi connectivity index (χ1n) is 7.30. The summed E-state index contributed by atoms with van der Waals surface area (Å²) < 4.78 is 5.49. The Morgan fingerprint density at radius 1 is 1.33 bits per heavy atom. The quantitative estimate of drug-likeness (QED) is 0.828. The van der Waals surface area contributed by atoms with Crippen molar-refractivity contribution in [3.63, 3.8) is 0 Å². The first-order chi connectivity index (χ1) is 8.65. The zero-order valence-corrected chi connectivity index (χ0v) is 11.9. The summed E-state index contributed by atoms with van der Waals surface area (Å²) in [6, 6.07) is 0.640. The Balaban J connectivity index is 1.77. The van der Waals surface area contributed by atoms with E-state index in [4.69, 9.17) is 4.42 Å². The summed E-state index contributed by atoms with van der Waals surface area (Å²) in [5.41, 5.74) is 0. The van der Waals surface area contributed by atoms with Crippen molar-refractivity contribution in [2.75, 3.05) is 0 Å². The summed E-state index contributed by atoms with van der Waals surface area (Å²) >= 11 is 0. The molecule has 0 bridgehead atoms. The van der Waals surface area contributed by atoms with Crippen LogP contribution in [0.1, 0.15) is 57.6 Å². The molecule has 1 saturated carbocycles. The molecule has 1 aromatic heterocycles. The van der Waals surface area contributed by atoms with Gasteiger partial charge in [0.05, 0.1) is 12.7 Å². The summed E-state index contributed by atoms with van der Waals surface area (Å²) in [5, 5.41) is 3.59. The van der Waals surface area contributed by atoms with E-state index in [2.05, 4.69) is 24.1 Å². The second kappa shape index (κ2) is 6.37. The Labute approximate surface area is 110 Å². The Morgan fingerprint density at radius 3 is 2.83 bits per heavy atom. The van der Waals surface area contributed by atoms with Crippen molar-refractivity contribution in [3.05, 3.63) is 17.8 Å². The van der Waals surface area contributed by atoms with Crippen LogP contribution >= 0.6 is 0 Å². The van der Waals surface area contributed by atoms with Gasteiger partial charge >= 0.3 is 0 Å². The summed E-state index contributed by atoms with van der Waals surface area (Å²) in [6.45, 7) is 7.42. The molecule has 1 heterocycles. The second-order valence-electron chi connectivity index (χ2n) is 5.95. The third kappa shape index (κ3) is 3.84. The fourth-order valence-electron chi connectivity index (χ4n) is 2.92. The van der Waals surface area contributed by atoms with Crippen LogP contribution in [0.4, 0.5) is 0 Å². The Bertz CT molecular complexity index is 359. The van der Waals surface area contributed by atoms with Crippen LogP contribution in [0, 0.1) is 18.8 Å². The average molecular weight is 250 g/mol. The molecule has 0 aliphatic heterocycles. The zero-order valence-electron chi connectivity index (χ0n) is 11.9. The number of rotatable bonds is 4. The zero-order chi connectivity index (χ0) is 13.0. The molecule has 0 amide bonds. The van der Waals surface area contributed by atoms with E-state index in [0.717, 1.165) is 30.0 Å². The molecule has 1 aliphatic rings. The number of nitrogens with zero attached hydrogens (tertiary/aromatic N) is 1. The molecule has 3 heteroatoms. The van der Waals surface area contributed by atoms with Crippen LogP contribution in [0.25, 0.3) is 0 Å². The molecule has 0 aromatic carbocycles. The van der Waals surface area contributed by atoms with E-state index in [1.54, 1.807) is 6.20 Å². The molecule has 2 atom stereocenters. The van der Waals surface area contributed by atoms with Gasteiger partial charge in [-0.3, -0.25) is 0 Å². The fourth-order valence-corrected chi connectivity index (χ4v) is 2.92. The normalized spacial score (nSPS) is 25.3. The third-order valence-electron chi connectivity index (χ3n) is 4.17. The topological polar surface area (TPSA) is 38.1 Å². The van der Waals surface area contributed by atoms with E-state index in [1.165, 1.54) is 32.1 Å². The maximum Gasteiger partial charge on any atom is 0.208 e. The highest BCUT2D eigenvalue weighted by atomic mass is 16.4. The number of oxazole rings is 1. The van der Waals surface area contributed by atoms with Crippen LogP contribution < -0.4 is 5.32 Å². The smallest absolute Gasteiger partial charge is 0.208 e. The predicted octanol–water partition coefficient (Wildman–Crippen LogP) is 3.68. The molecule has 102 valence electrons. The molecular formula is C15H26N2O. The van der Waals surface area contributed by atoms with E-state index in [0.29, 0.717) is 6.04 Å². The number of hydrogen-bond acceptors (Lipinski definition) is 3. The van der Waals surface area contributed by atoms with Gasteiger partial charge in [0.2, 0.25) is 5.89 Å². The van der Waals surface area contributed by atoms with Gasteiger partial charge in [-0.25, -0.2) is 4.98 Å². The van der Waals surface area contributed by atoms with Gasteiger partial charge in [0, 0.05) is 6.04 Å². The van der Waals surface area contributed by atoms with Crippen LogP contribution in [-0.2, 0) is 6.54 Å². The van der Waals surface area contributed by atoms with Gasteiger partial charge in [-0.15, -0.1) is 0 Å². The molecular weight excluding hydrogens is 224 g/mol. The van der Waals surface area contributed by atoms with Gasteiger partial charge in [-0.05, 0) is 38.0 Å². The van der Waals surface area contributed by atoms with Crippen LogP contribution in [-0.4, -0.2) is 11.0 Å². The molecule has 0 radical (unpaired) electrons. The molecule has 2 rings (SSSR count). The Morgan fingerprint density at radius 2 is 2.17 bits per heavy atom. The first kappa shape index (κ1) is 13.6. The van der Waals surface area contributed by atoms with Crippen LogP contribution in [0.3, 0.4) is 0 Å². The van der Waals surface area contributed by atoms with Crippen molar-refractivity contribution >= 4 is 0 Å². The molecule has 2 unspecified atom stereocenters. The van der Waals surface area contributed by atoms with Crippen molar-refractivity contribution in [2.24, 2.45) is 11.8 Å². The molecule has 1 fully saturated rings. The standard InChI is InChI=1S/C15H26N2O/c1-11(2)13-5-4-6-14(8-7-13)16-10-15-17-9-12(3)18-15/h9,11,13-14,16H,4-8,10H2,1-3H3. The molecule has 1 aliphatic carbocycles. The van der Waals surface area contributed by atoms with Gasteiger partial charge < -0.3 is 9.73 Å². The average Bonchev–Trinajstić information content (AvgIpc) is 2.62. The molecule has 18 heavy (non-hydrogen) atoms. The third-order valence-corrected chi connectivity index (χ3v) is 4.17. The lowest BCUT2D eigenvalue weighted by atomic mass is 9.89. The van der Waals surface area contributed by atoms with Gasteiger partial charge in [0.25, 0.3) is 0 Å². The number of aryl methyl sites for hydroxylation is 1. The van der Waals surface area contributed by atoms with Crippen molar-refractivity contribution in [3.8, 4) is 0 Å². The Kier molecular flexibility index (Phi) is 4.81. The van der Waals surface area contributed by atoms with Crippen LogP contribution in [0.5, 0.6) is 0 Å². The molecule has 0 spiro atoms. The monoisotopic (exact) mass is 250 g/mol. The first-order valence-corrected chi connectivity index (χ1v) is 7.30. The van der Waals surface area contributed by atoms with Crippen LogP contribution in [0.15, 0.2) is 10.6 Å². The summed E-state index contributed by atoms with van der Waals surface area (Å²) in [6.07, 6.45) is 8.49. The maximum atomic E-state index is 5.49. The minimum absolute atomic E-state index is 0.640. The van der Waals surface area contributed by atoms with Crippen molar-refractivity contribution in [2.45, 2.75) is 65.5 Å². The summed E-state index contributed by atoms with van der Waals surface area (Å²) in [7, 11) is 0. The minimum atomic E-state index is 0.640. The highest BCUT2D eigenvalue weighted by Crippen LogP contribution is 2.28. The summed E-state index contributed by atoms with van der Waals surface area (Å²) in [5.74, 6) is 3.46. The van der Waals surface area contributed by atoms with Gasteiger partial charge in [0.15, 0.2) is 0 Å². The number of hydrogen-bond donors (Lipinski definition) is 1. The SMILES string of the molecule is Cc1cnc(CNC2CCCC(C(C)C)CC2)o1. The fraction of sp³-hybridized carbons (Fsp3) is 0.800. The largest absolute Gasteiger partial charge is 0.445 e. The number of nitrogens with one attached hydrogen (secondary N) is 1. The number of aromatic nitrogens is 1. The van der Waals surface area contributed by atoms with E-state index < -0.39 is 0 Å². The van der Waals surface area contributed by atoms with E-state index >= 15 is 0 Å². The second-order valence-corrected chi connectivity index (χ2v) is 5.95. The molecule has 1 aromatic rings. The van der Waals surface area contributed by atoms with Crippen molar-refractivity contribution in [1.82, 2.24) is 10.3 Å². The van der Waals surface area contributed by atoms with Gasteiger partial charge in [0.1, 0.15) is 5.76 Å². The predicted molar refractivity (Wildman–Crippen MR) is 73.3 cm³/mol. The Hall–Kier alpha value is -0.830. The lowest BCUT2D eigenvalue weighted by molar-refractivity contribution is 0.336. The maximum absolute atomic E-state index is 5.49. The van der Waals surface area contributed by atoms with Crippen molar-refractivity contribution < 1.29 is 4.42 Å². The van der Waals surface area contributed by atoms with E-state index in [-0.39, 0.29) is 0 Å². The van der Waals surface area contributed by atoms with Crippen LogP contribution in [0.2, 0.25) is 0 Å². The highest BCUT2D eigenvalue weighted by Gasteiger charge is 2.20. The summed E-state index contributed by atoms with van der Waals surface area (Å²) in [4.78, 5) is 4.24. The highest BCUT2D eigenvalue weighted by molar-refractivity contribution is 4.91. The van der Waals surface area contributed by atoms with E-state index in [9.17, 15) is 0 Å². The molecule has 1 N–H and O–H groups in total. The minimum Gasteiger partial charge on any atom is -0.445 e. The van der Waals surface area contributed by atoms with Gasteiger partial charge in [-0.1, -0.05) is 26.7 Å². The van der Waals surface area contributed by atoms with Crippen molar-refractivity contribution in [1.29, 1.82) is 0 Å².